The maximum atomic E-state index is 12.4. The number of H-pyrrole nitrogens is 1. The van der Waals surface area contributed by atoms with Crippen LogP contribution >= 0.6 is 0 Å². The third-order valence-corrected chi connectivity index (χ3v) is 4.87. The van der Waals surface area contributed by atoms with Crippen LogP contribution < -0.4 is 20.8 Å². The van der Waals surface area contributed by atoms with Gasteiger partial charge in [-0.15, -0.1) is 0 Å². The first kappa shape index (κ1) is 21.8. The lowest BCUT2D eigenvalue weighted by atomic mass is 10.1. The standard InChI is InChI=1S/C20H23N5O6/c1-11(26)20(30)25(10-12-6-7-21-18(12)28)24-17(27)9-22-19(29)15-8-13-14(23-15)4-3-5-16(13)31-2/h3-5,8,12,23H,6-7,9-10H2,1-2H3,(H,21,28)(H,22,29)(H,24,27)/t12-/m0/s1. The Labute approximate surface area is 177 Å². The largest absolute Gasteiger partial charge is 0.496 e. The van der Waals surface area contributed by atoms with E-state index in [1.54, 1.807) is 24.3 Å². The molecular weight excluding hydrogens is 406 g/mol. The molecule has 0 bridgehead atoms. The third-order valence-electron chi connectivity index (χ3n) is 4.87. The lowest BCUT2D eigenvalue weighted by Crippen LogP contribution is -2.53. The fourth-order valence-electron chi connectivity index (χ4n) is 3.28. The summed E-state index contributed by atoms with van der Waals surface area (Å²) in [5.74, 6) is -3.16. The summed E-state index contributed by atoms with van der Waals surface area (Å²) in [7, 11) is 1.52. The number of nitrogens with zero attached hydrogens (tertiary/aromatic N) is 1. The van der Waals surface area contributed by atoms with E-state index >= 15 is 0 Å². The maximum absolute atomic E-state index is 12.4. The van der Waals surface area contributed by atoms with Gasteiger partial charge in [-0.1, -0.05) is 6.07 Å². The van der Waals surface area contributed by atoms with Gasteiger partial charge < -0.3 is 20.4 Å². The Morgan fingerprint density at radius 2 is 2.03 bits per heavy atom. The number of Topliss-reactive ketones (excluding diaryl/α,β-unsaturated/α-hetero) is 1. The van der Waals surface area contributed by atoms with Gasteiger partial charge in [0.25, 0.3) is 11.8 Å². The van der Waals surface area contributed by atoms with Crippen LogP contribution in [-0.2, 0) is 19.2 Å². The molecule has 1 aromatic carbocycles. The van der Waals surface area contributed by atoms with E-state index in [1.165, 1.54) is 7.11 Å². The number of carbonyl (C=O) groups is 5. The molecule has 1 aliphatic rings. The van der Waals surface area contributed by atoms with Crippen molar-refractivity contribution < 1.29 is 28.7 Å². The molecule has 0 radical (unpaired) electrons. The molecule has 2 aromatic rings. The minimum absolute atomic E-state index is 0.133. The van der Waals surface area contributed by atoms with Crippen molar-refractivity contribution in [1.29, 1.82) is 0 Å². The van der Waals surface area contributed by atoms with Crippen LogP contribution in [0, 0.1) is 5.92 Å². The highest BCUT2D eigenvalue weighted by Crippen LogP contribution is 2.25. The number of nitrogens with one attached hydrogen (secondary N) is 4. The Morgan fingerprint density at radius 3 is 2.68 bits per heavy atom. The summed E-state index contributed by atoms with van der Waals surface area (Å²) in [6, 6.07) is 6.92. The van der Waals surface area contributed by atoms with Crippen molar-refractivity contribution in [1.82, 2.24) is 26.1 Å². The number of hydrogen-bond donors (Lipinski definition) is 4. The summed E-state index contributed by atoms with van der Waals surface area (Å²) in [6.45, 7) is 0.961. The normalized spacial score (nSPS) is 15.3. The number of amides is 4. The van der Waals surface area contributed by atoms with E-state index < -0.39 is 36.0 Å². The number of aromatic nitrogens is 1. The number of carbonyl (C=O) groups excluding carboxylic acids is 5. The number of rotatable bonds is 7. The molecule has 2 heterocycles. The van der Waals surface area contributed by atoms with E-state index in [0.29, 0.717) is 29.6 Å². The SMILES string of the molecule is COc1cccc2[nH]c(C(=O)NCC(=O)NN(C[C@@H]3CCNC3=O)C(=O)C(C)=O)cc12. The maximum Gasteiger partial charge on any atom is 0.308 e. The van der Waals surface area contributed by atoms with Crippen molar-refractivity contribution in [2.24, 2.45) is 5.92 Å². The van der Waals surface area contributed by atoms with Crippen LogP contribution in [0.2, 0.25) is 0 Å². The van der Waals surface area contributed by atoms with Crippen molar-refractivity contribution in [3.05, 3.63) is 30.0 Å². The number of hydrazine groups is 1. The second-order valence-electron chi connectivity index (χ2n) is 7.07. The van der Waals surface area contributed by atoms with Crippen LogP contribution in [-0.4, -0.2) is 66.1 Å². The lowest BCUT2D eigenvalue weighted by Gasteiger charge is -2.24. The predicted molar refractivity (Wildman–Crippen MR) is 109 cm³/mol. The summed E-state index contributed by atoms with van der Waals surface area (Å²) in [5.41, 5.74) is 3.22. The van der Waals surface area contributed by atoms with Crippen molar-refractivity contribution in [2.75, 3.05) is 26.7 Å². The molecule has 1 aliphatic heterocycles. The second-order valence-corrected chi connectivity index (χ2v) is 7.07. The molecule has 11 nitrogen and oxygen atoms in total. The molecule has 0 spiro atoms. The highest BCUT2D eigenvalue weighted by atomic mass is 16.5. The van der Waals surface area contributed by atoms with Gasteiger partial charge in [-0.2, -0.15) is 0 Å². The summed E-state index contributed by atoms with van der Waals surface area (Å²) in [5, 5.41) is 6.61. The first-order valence-electron chi connectivity index (χ1n) is 9.63. The Balaban J connectivity index is 1.61. The fraction of sp³-hybridized carbons (Fsp3) is 0.350. The smallest absolute Gasteiger partial charge is 0.308 e. The molecule has 164 valence electrons. The molecule has 11 heteroatoms. The van der Waals surface area contributed by atoms with Crippen molar-refractivity contribution in [3.8, 4) is 5.75 Å². The summed E-state index contributed by atoms with van der Waals surface area (Å²) in [4.78, 5) is 63.0. The van der Waals surface area contributed by atoms with Crippen LogP contribution in [0.5, 0.6) is 5.75 Å². The molecule has 31 heavy (non-hydrogen) atoms. The molecule has 1 aromatic heterocycles. The average Bonchev–Trinajstić information content (AvgIpc) is 3.36. The molecule has 1 atom stereocenters. The number of fused-ring (bicyclic) bond motifs is 1. The molecular formula is C20H23N5O6. The zero-order valence-corrected chi connectivity index (χ0v) is 17.1. The predicted octanol–water partition coefficient (Wildman–Crippen LogP) is -0.509. The van der Waals surface area contributed by atoms with Gasteiger partial charge in [-0.25, -0.2) is 5.01 Å². The van der Waals surface area contributed by atoms with Gasteiger partial charge in [0.1, 0.15) is 11.4 Å². The fourth-order valence-corrected chi connectivity index (χ4v) is 3.28. The molecule has 0 unspecified atom stereocenters. The number of aromatic amines is 1. The number of benzene rings is 1. The highest BCUT2D eigenvalue weighted by Gasteiger charge is 2.30. The molecule has 4 amide bonds. The average molecular weight is 429 g/mol. The monoisotopic (exact) mass is 429 g/mol. The van der Waals surface area contributed by atoms with Gasteiger partial charge in [0.15, 0.2) is 0 Å². The quantitative estimate of drug-likeness (QED) is 0.344. The lowest BCUT2D eigenvalue weighted by molar-refractivity contribution is -0.149. The van der Waals surface area contributed by atoms with Crippen molar-refractivity contribution in [2.45, 2.75) is 13.3 Å². The minimum atomic E-state index is -0.943. The van der Waals surface area contributed by atoms with E-state index in [2.05, 4.69) is 21.0 Å². The van der Waals surface area contributed by atoms with Gasteiger partial charge in [-0.3, -0.25) is 29.4 Å². The van der Waals surface area contributed by atoms with E-state index in [1.807, 2.05) is 0 Å². The van der Waals surface area contributed by atoms with Crippen LogP contribution in [0.4, 0.5) is 0 Å². The molecule has 4 N–H and O–H groups in total. The van der Waals surface area contributed by atoms with Gasteiger partial charge in [0.2, 0.25) is 11.7 Å². The van der Waals surface area contributed by atoms with Gasteiger partial charge >= 0.3 is 5.91 Å². The molecule has 1 fully saturated rings. The summed E-state index contributed by atoms with van der Waals surface area (Å²) in [6.07, 6.45) is 0.483. The van der Waals surface area contributed by atoms with Crippen molar-refractivity contribution in [3.63, 3.8) is 0 Å². The minimum Gasteiger partial charge on any atom is -0.496 e. The molecule has 0 saturated carbocycles. The van der Waals surface area contributed by atoms with E-state index in [9.17, 15) is 24.0 Å². The van der Waals surface area contributed by atoms with Gasteiger partial charge in [0, 0.05) is 24.4 Å². The van der Waals surface area contributed by atoms with E-state index in [4.69, 9.17) is 4.74 Å². The molecule has 3 rings (SSSR count). The number of ketones is 1. The zero-order valence-electron chi connectivity index (χ0n) is 17.1. The molecule has 0 aliphatic carbocycles. The Kier molecular flexibility index (Phi) is 6.53. The van der Waals surface area contributed by atoms with Crippen molar-refractivity contribution >= 4 is 40.3 Å². The van der Waals surface area contributed by atoms with Crippen LogP contribution in [0.15, 0.2) is 24.3 Å². The van der Waals surface area contributed by atoms with E-state index in [-0.39, 0.29) is 18.1 Å². The van der Waals surface area contributed by atoms with E-state index in [0.717, 1.165) is 11.9 Å². The summed E-state index contributed by atoms with van der Waals surface area (Å²) >= 11 is 0. The Hall–Kier alpha value is -3.89. The summed E-state index contributed by atoms with van der Waals surface area (Å²) < 4.78 is 5.26. The van der Waals surface area contributed by atoms with Crippen LogP contribution in [0.25, 0.3) is 10.9 Å². The van der Waals surface area contributed by atoms with Gasteiger partial charge in [0.05, 0.1) is 26.1 Å². The second kappa shape index (κ2) is 9.28. The number of hydrogen-bond acceptors (Lipinski definition) is 6. The topological polar surface area (TPSA) is 150 Å². The Bertz CT molecular complexity index is 1050. The van der Waals surface area contributed by atoms with Crippen LogP contribution in [0.3, 0.4) is 0 Å². The Morgan fingerprint density at radius 1 is 1.26 bits per heavy atom. The first-order chi connectivity index (χ1) is 14.8. The zero-order chi connectivity index (χ0) is 22.5. The number of methoxy groups -OCH3 is 1. The van der Waals surface area contributed by atoms with Crippen LogP contribution in [0.1, 0.15) is 23.8 Å². The molecule has 1 saturated heterocycles. The van der Waals surface area contributed by atoms with Gasteiger partial charge in [-0.05, 0) is 24.6 Å². The highest BCUT2D eigenvalue weighted by molar-refractivity contribution is 6.35. The number of ether oxygens (including phenoxy) is 1. The third kappa shape index (κ3) is 5.00. The first-order valence-corrected chi connectivity index (χ1v) is 9.63.